The second-order valence-corrected chi connectivity index (χ2v) is 3.53. The Kier molecular flexibility index (Phi) is 7.85. The van der Waals surface area contributed by atoms with Crippen molar-refractivity contribution in [3.63, 3.8) is 0 Å². The minimum Gasteiger partial charge on any atom is -0.469 e. The fraction of sp³-hybridized carbons (Fsp3) is 0.500. The van der Waals surface area contributed by atoms with Crippen LogP contribution in [0.2, 0.25) is 0 Å². The molecule has 17 heavy (non-hydrogen) atoms. The molecule has 0 heterocycles. The molecule has 0 aliphatic carbocycles. The highest BCUT2D eigenvalue weighted by Gasteiger charge is 2.19. The van der Waals surface area contributed by atoms with Crippen molar-refractivity contribution in [1.29, 1.82) is 0 Å². The normalized spacial score (nSPS) is 11.1. The predicted molar refractivity (Wildman–Crippen MR) is 71.9 cm³/mol. The second-order valence-electron chi connectivity index (χ2n) is 3.53. The lowest BCUT2D eigenvalue weighted by Crippen LogP contribution is -2.14. The highest BCUT2D eigenvalue weighted by atomic mass is 16.5. The molecule has 0 bridgehead atoms. The number of hydrogen-bond donors (Lipinski definition) is 1. The van der Waals surface area contributed by atoms with Crippen molar-refractivity contribution < 1.29 is 9.53 Å². The number of nitrogens with two attached hydrogens (primary N) is 1. The number of benzene rings is 1. The van der Waals surface area contributed by atoms with Gasteiger partial charge in [-0.1, -0.05) is 39.3 Å². The zero-order valence-electron chi connectivity index (χ0n) is 11.2. The van der Waals surface area contributed by atoms with Crippen LogP contribution in [-0.4, -0.2) is 13.1 Å². The van der Waals surface area contributed by atoms with Crippen LogP contribution in [0.15, 0.2) is 24.3 Å². The first-order chi connectivity index (χ1) is 8.19. The first kappa shape index (κ1) is 15.5. The molecule has 1 atom stereocenters. The fourth-order valence-electron chi connectivity index (χ4n) is 1.58. The van der Waals surface area contributed by atoms with Crippen molar-refractivity contribution in [2.45, 2.75) is 39.5 Å². The fourth-order valence-corrected chi connectivity index (χ4v) is 1.58. The van der Waals surface area contributed by atoms with Crippen molar-refractivity contribution in [2.75, 3.05) is 12.8 Å². The summed E-state index contributed by atoms with van der Waals surface area (Å²) in [6.07, 6.45) is 1.75. The van der Waals surface area contributed by atoms with Gasteiger partial charge in [-0.25, -0.2) is 0 Å². The molecule has 1 unspecified atom stereocenters. The Hall–Kier alpha value is -1.51. The van der Waals surface area contributed by atoms with Crippen molar-refractivity contribution in [1.82, 2.24) is 0 Å². The Morgan fingerprint density at radius 2 is 1.82 bits per heavy atom. The molecule has 0 aliphatic heterocycles. The summed E-state index contributed by atoms with van der Waals surface area (Å²) in [6.45, 7) is 6.05. The van der Waals surface area contributed by atoms with E-state index in [1.165, 1.54) is 7.11 Å². The van der Waals surface area contributed by atoms with Gasteiger partial charge >= 0.3 is 5.97 Å². The molecule has 2 N–H and O–H groups in total. The van der Waals surface area contributed by atoms with E-state index >= 15 is 0 Å². The van der Waals surface area contributed by atoms with Crippen LogP contribution in [0, 0.1) is 0 Å². The molecule has 0 saturated heterocycles. The third-order valence-corrected chi connectivity index (χ3v) is 2.40. The summed E-state index contributed by atoms with van der Waals surface area (Å²) >= 11 is 0. The van der Waals surface area contributed by atoms with Gasteiger partial charge in [0, 0.05) is 5.69 Å². The number of nitrogen functional groups attached to an aromatic ring is 1. The quantitative estimate of drug-likeness (QED) is 0.645. The first-order valence-corrected chi connectivity index (χ1v) is 6.12. The van der Waals surface area contributed by atoms with Crippen LogP contribution in [0.4, 0.5) is 5.69 Å². The first-order valence-electron chi connectivity index (χ1n) is 6.12. The van der Waals surface area contributed by atoms with E-state index in [4.69, 9.17) is 10.5 Å². The number of hydrogen-bond acceptors (Lipinski definition) is 3. The van der Waals surface area contributed by atoms with E-state index in [2.05, 4.69) is 0 Å². The average Bonchev–Trinajstić information content (AvgIpc) is 2.39. The summed E-state index contributed by atoms with van der Waals surface area (Å²) in [5.74, 6) is -0.345. The molecule has 0 aromatic heterocycles. The second kappa shape index (κ2) is 8.62. The molecule has 3 heteroatoms. The molecular weight excluding hydrogens is 214 g/mol. The van der Waals surface area contributed by atoms with Crippen LogP contribution >= 0.6 is 0 Å². The van der Waals surface area contributed by atoms with Crippen molar-refractivity contribution in [3.8, 4) is 0 Å². The lowest BCUT2D eigenvalue weighted by atomic mass is 9.94. The Labute approximate surface area is 104 Å². The highest BCUT2D eigenvalue weighted by Crippen LogP contribution is 2.23. The van der Waals surface area contributed by atoms with Gasteiger partial charge in [-0.05, 0) is 24.1 Å². The van der Waals surface area contributed by atoms with Crippen molar-refractivity contribution in [3.05, 3.63) is 29.8 Å². The van der Waals surface area contributed by atoms with Crippen LogP contribution in [0.1, 0.15) is 45.1 Å². The van der Waals surface area contributed by atoms with E-state index in [-0.39, 0.29) is 11.9 Å². The third-order valence-electron chi connectivity index (χ3n) is 2.40. The summed E-state index contributed by atoms with van der Waals surface area (Å²) in [6, 6.07) is 7.38. The van der Waals surface area contributed by atoms with Gasteiger partial charge < -0.3 is 10.5 Å². The monoisotopic (exact) mass is 237 g/mol. The third kappa shape index (κ3) is 4.89. The molecule has 0 spiro atoms. The maximum Gasteiger partial charge on any atom is 0.313 e. The number of esters is 1. The van der Waals surface area contributed by atoms with Crippen molar-refractivity contribution >= 4 is 11.7 Å². The Balaban J connectivity index is 0.00000121. The standard InChI is InChI=1S/C12H17NO2.C2H6/c1-3-4-11(12(14)15-2)9-5-7-10(13)8-6-9;1-2/h5-8,11H,3-4,13H2,1-2H3;1-2H3. The summed E-state index contributed by atoms with van der Waals surface area (Å²) in [4.78, 5) is 11.5. The zero-order chi connectivity index (χ0) is 13.3. The highest BCUT2D eigenvalue weighted by molar-refractivity contribution is 5.78. The molecule has 0 fully saturated rings. The SMILES string of the molecule is CC.CCCC(C(=O)OC)c1ccc(N)cc1. The number of anilines is 1. The minimum absolute atomic E-state index is 0.166. The maximum absolute atomic E-state index is 11.5. The summed E-state index contributed by atoms with van der Waals surface area (Å²) in [5, 5.41) is 0. The van der Waals surface area contributed by atoms with Gasteiger partial charge in [0.05, 0.1) is 13.0 Å². The lowest BCUT2D eigenvalue weighted by molar-refractivity contribution is -0.142. The lowest BCUT2D eigenvalue weighted by Gasteiger charge is -2.13. The molecule has 1 aromatic carbocycles. The van der Waals surface area contributed by atoms with E-state index in [0.717, 1.165) is 18.4 Å². The van der Waals surface area contributed by atoms with Gasteiger partial charge in [0.1, 0.15) is 0 Å². The van der Waals surface area contributed by atoms with Crippen LogP contribution in [0.3, 0.4) is 0 Å². The van der Waals surface area contributed by atoms with E-state index in [0.29, 0.717) is 5.69 Å². The number of rotatable bonds is 4. The van der Waals surface area contributed by atoms with Gasteiger partial charge in [-0.15, -0.1) is 0 Å². The molecule has 0 saturated carbocycles. The van der Waals surface area contributed by atoms with Crippen LogP contribution in [0.5, 0.6) is 0 Å². The minimum atomic E-state index is -0.179. The Morgan fingerprint density at radius 3 is 2.24 bits per heavy atom. The van der Waals surface area contributed by atoms with E-state index in [1.807, 2.05) is 32.9 Å². The number of ether oxygens (including phenoxy) is 1. The van der Waals surface area contributed by atoms with E-state index in [1.54, 1.807) is 12.1 Å². The molecule has 0 aliphatic rings. The van der Waals surface area contributed by atoms with Crippen LogP contribution in [-0.2, 0) is 9.53 Å². The van der Waals surface area contributed by atoms with Crippen LogP contribution < -0.4 is 5.73 Å². The molecule has 1 aromatic rings. The number of methoxy groups -OCH3 is 1. The molecular formula is C14H23NO2. The van der Waals surface area contributed by atoms with Crippen molar-refractivity contribution in [2.24, 2.45) is 0 Å². The number of carbonyl (C=O) groups is 1. The predicted octanol–water partition coefficient (Wildman–Crippen LogP) is 3.35. The van der Waals surface area contributed by atoms with Gasteiger partial charge in [-0.2, -0.15) is 0 Å². The van der Waals surface area contributed by atoms with Crippen LogP contribution in [0.25, 0.3) is 0 Å². The molecule has 96 valence electrons. The topological polar surface area (TPSA) is 52.3 Å². The van der Waals surface area contributed by atoms with E-state index in [9.17, 15) is 4.79 Å². The van der Waals surface area contributed by atoms with Gasteiger partial charge in [-0.3, -0.25) is 4.79 Å². The van der Waals surface area contributed by atoms with E-state index < -0.39 is 0 Å². The van der Waals surface area contributed by atoms with Gasteiger partial charge in [0.2, 0.25) is 0 Å². The summed E-state index contributed by atoms with van der Waals surface area (Å²) in [5.41, 5.74) is 7.27. The number of carbonyl (C=O) groups excluding carboxylic acids is 1. The average molecular weight is 237 g/mol. The Morgan fingerprint density at radius 1 is 1.29 bits per heavy atom. The molecule has 3 nitrogen and oxygen atoms in total. The molecule has 1 rings (SSSR count). The van der Waals surface area contributed by atoms with Gasteiger partial charge in [0.15, 0.2) is 0 Å². The summed E-state index contributed by atoms with van der Waals surface area (Å²) in [7, 11) is 1.42. The van der Waals surface area contributed by atoms with Gasteiger partial charge in [0.25, 0.3) is 0 Å². The summed E-state index contributed by atoms with van der Waals surface area (Å²) < 4.78 is 4.78. The smallest absolute Gasteiger partial charge is 0.313 e. The largest absolute Gasteiger partial charge is 0.469 e. The molecule has 0 amide bonds. The zero-order valence-corrected chi connectivity index (χ0v) is 11.2. The Bertz CT molecular complexity index is 319. The molecule has 0 radical (unpaired) electrons. The maximum atomic E-state index is 11.5.